The highest BCUT2D eigenvalue weighted by Gasteiger charge is 2.34. The molecule has 1 aliphatic heterocycles. The van der Waals surface area contributed by atoms with Crippen LogP contribution >= 0.6 is 23.2 Å². The van der Waals surface area contributed by atoms with Crippen LogP contribution in [0.3, 0.4) is 0 Å². The number of halogens is 2. The van der Waals surface area contributed by atoms with Crippen LogP contribution in [0.25, 0.3) is 0 Å². The van der Waals surface area contributed by atoms with Crippen molar-refractivity contribution in [3.8, 4) is 0 Å². The molecule has 1 aliphatic rings. The Balaban J connectivity index is 1.81. The molecule has 1 heterocycles. The smallest absolute Gasteiger partial charge is 0.258 e. The number of rotatable bonds is 3. The maximum atomic E-state index is 13.2. The highest BCUT2D eigenvalue weighted by Crippen LogP contribution is 2.38. The molecule has 130 valence electrons. The lowest BCUT2D eigenvalue weighted by Crippen LogP contribution is -2.42. The summed E-state index contributed by atoms with van der Waals surface area (Å²) < 4.78 is 0. The van der Waals surface area contributed by atoms with Gasteiger partial charge in [0.15, 0.2) is 0 Å². The van der Waals surface area contributed by atoms with E-state index in [-0.39, 0.29) is 5.91 Å². The van der Waals surface area contributed by atoms with E-state index in [0.29, 0.717) is 22.2 Å². The Morgan fingerprint density at radius 3 is 2.42 bits per heavy atom. The van der Waals surface area contributed by atoms with Gasteiger partial charge in [-0.2, -0.15) is 0 Å². The SMILES string of the molecule is O=C1c2ccccc2NC(c2cccc(Cl)c2Cl)N1Cc1ccccc1. The van der Waals surface area contributed by atoms with Crippen LogP contribution in [0.15, 0.2) is 72.8 Å². The standard InChI is InChI=1S/C21H16Cl2N2O/c22-17-11-6-10-16(19(17)23)20-24-18-12-5-4-9-15(18)21(26)25(20)13-14-7-2-1-3-8-14/h1-12,20,24H,13H2. The van der Waals surface area contributed by atoms with E-state index in [1.54, 1.807) is 11.0 Å². The molecule has 5 heteroatoms. The first-order chi connectivity index (χ1) is 12.6. The minimum absolute atomic E-state index is 0.0377. The van der Waals surface area contributed by atoms with E-state index in [0.717, 1.165) is 16.8 Å². The molecule has 1 unspecified atom stereocenters. The molecule has 0 bridgehead atoms. The molecule has 0 spiro atoms. The molecule has 3 aromatic carbocycles. The first-order valence-corrected chi connectivity index (χ1v) is 9.05. The van der Waals surface area contributed by atoms with Gasteiger partial charge in [-0.3, -0.25) is 4.79 Å². The fraction of sp³-hybridized carbons (Fsp3) is 0.0952. The van der Waals surface area contributed by atoms with Gasteiger partial charge in [-0.15, -0.1) is 0 Å². The van der Waals surface area contributed by atoms with Crippen LogP contribution in [0.4, 0.5) is 5.69 Å². The third-order valence-corrected chi connectivity index (χ3v) is 5.33. The van der Waals surface area contributed by atoms with Crippen LogP contribution in [0.5, 0.6) is 0 Å². The fourth-order valence-corrected chi connectivity index (χ4v) is 3.62. The second-order valence-electron chi connectivity index (χ2n) is 6.15. The number of carbonyl (C=O) groups excluding carboxylic acids is 1. The number of nitrogens with zero attached hydrogens (tertiary/aromatic N) is 1. The maximum Gasteiger partial charge on any atom is 0.258 e. The molecule has 3 nitrogen and oxygen atoms in total. The highest BCUT2D eigenvalue weighted by molar-refractivity contribution is 6.42. The molecule has 0 aliphatic carbocycles. The summed E-state index contributed by atoms with van der Waals surface area (Å²) in [6, 6.07) is 22.9. The van der Waals surface area contributed by atoms with Crippen LogP contribution in [0.2, 0.25) is 10.0 Å². The first kappa shape index (κ1) is 17.0. The van der Waals surface area contributed by atoms with Gasteiger partial charge in [-0.25, -0.2) is 0 Å². The minimum atomic E-state index is -0.399. The lowest BCUT2D eigenvalue weighted by molar-refractivity contribution is 0.0666. The number of anilines is 1. The predicted octanol–water partition coefficient (Wildman–Crippen LogP) is 5.76. The van der Waals surface area contributed by atoms with Crippen LogP contribution in [-0.4, -0.2) is 10.8 Å². The van der Waals surface area contributed by atoms with E-state index in [4.69, 9.17) is 23.2 Å². The van der Waals surface area contributed by atoms with Crippen molar-refractivity contribution in [2.24, 2.45) is 0 Å². The second-order valence-corrected chi connectivity index (χ2v) is 6.94. The van der Waals surface area contributed by atoms with E-state index in [9.17, 15) is 4.79 Å². The molecule has 0 saturated heterocycles. The molecular weight excluding hydrogens is 367 g/mol. The minimum Gasteiger partial charge on any atom is -0.361 e. The average molecular weight is 383 g/mol. The fourth-order valence-electron chi connectivity index (χ4n) is 3.21. The Morgan fingerprint density at radius 2 is 1.62 bits per heavy atom. The number of para-hydroxylation sites is 1. The van der Waals surface area contributed by atoms with Gasteiger partial charge in [-0.05, 0) is 23.8 Å². The molecule has 26 heavy (non-hydrogen) atoms. The normalized spacial score (nSPS) is 16.2. The summed E-state index contributed by atoms with van der Waals surface area (Å²) in [5.41, 5.74) is 3.27. The van der Waals surface area contributed by atoms with E-state index in [1.807, 2.05) is 66.7 Å². The van der Waals surface area contributed by atoms with Crippen molar-refractivity contribution in [2.45, 2.75) is 12.7 Å². The zero-order valence-corrected chi connectivity index (χ0v) is 15.3. The summed E-state index contributed by atoms with van der Waals surface area (Å²) in [5.74, 6) is -0.0377. The topological polar surface area (TPSA) is 32.3 Å². The van der Waals surface area contributed by atoms with Crippen molar-refractivity contribution in [2.75, 3.05) is 5.32 Å². The van der Waals surface area contributed by atoms with E-state index >= 15 is 0 Å². The predicted molar refractivity (Wildman–Crippen MR) is 106 cm³/mol. The second kappa shape index (κ2) is 7.02. The lowest BCUT2D eigenvalue weighted by atomic mass is 10.0. The Kier molecular flexibility index (Phi) is 4.58. The average Bonchev–Trinajstić information content (AvgIpc) is 2.67. The largest absolute Gasteiger partial charge is 0.361 e. The van der Waals surface area contributed by atoms with Gasteiger partial charge >= 0.3 is 0 Å². The number of hydrogen-bond acceptors (Lipinski definition) is 2. The van der Waals surface area contributed by atoms with Crippen molar-refractivity contribution >= 4 is 34.8 Å². The lowest BCUT2D eigenvalue weighted by Gasteiger charge is -2.38. The van der Waals surface area contributed by atoms with Crippen molar-refractivity contribution in [1.29, 1.82) is 0 Å². The first-order valence-electron chi connectivity index (χ1n) is 8.29. The van der Waals surface area contributed by atoms with Gasteiger partial charge in [0, 0.05) is 17.8 Å². The third kappa shape index (κ3) is 3.05. The molecular formula is C21H16Cl2N2O. The summed E-state index contributed by atoms with van der Waals surface area (Å²) >= 11 is 12.7. The summed E-state index contributed by atoms with van der Waals surface area (Å²) in [4.78, 5) is 15.0. The Bertz CT molecular complexity index is 959. The van der Waals surface area contributed by atoms with Crippen LogP contribution in [0.1, 0.15) is 27.7 Å². The molecule has 3 aromatic rings. The van der Waals surface area contributed by atoms with Gasteiger partial charge in [0.05, 0.1) is 15.6 Å². The van der Waals surface area contributed by atoms with E-state index in [1.165, 1.54) is 0 Å². The quantitative estimate of drug-likeness (QED) is 0.624. The van der Waals surface area contributed by atoms with E-state index in [2.05, 4.69) is 5.32 Å². The van der Waals surface area contributed by atoms with Gasteiger partial charge in [0.25, 0.3) is 5.91 Å². The molecule has 1 atom stereocenters. The third-order valence-electron chi connectivity index (χ3n) is 4.49. The van der Waals surface area contributed by atoms with Gasteiger partial charge in [-0.1, -0.05) is 77.8 Å². The van der Waals surface area contributed by atoms with Crippen molar-refractivity contribution in [3.05, 3.63) is 99.5 Å². The highest BCUT2D eigenvalue weighted by atomic mass is 35.5. The van der Waals surface area contributed by atoms with Gasteiger partial charge in [0.2, 0.25) is 0 Å². The summed E-state index contributed by atoms with van der Waals surface area (Å²) in [7, 11) is 0. The Morgan fingerprint density at radius 1 is 0.885 bits per heavy atom. The number of nitrogens with one attached hydrogen (secondary N) is 1. The van der Waals surface area contributed by atoms with Gasteiger partial charge < -0.3 is 10.2 Å². The molecule has 0 saturated carbocycles. The Hall–Kier alpha value is -2.49. The summed E-state index contributed by atoms with van der Waals surface area (Å²) in [5, 5.41) is 4.37. The molecule has 0 radical (unpaired) electrons. The van der Waals surface area contributed by atoms with Gasteiger partial charge in [0.1, 0.15) is 6.17 Å². The molecule has 4 rings (SSSR count). The number of carbonyl (C=O) groups is 1. The monoisotopic (exact) mass is 382 g/mol. The number of amides is 1. The van der Waals surface area contributed by atoms with Crippen LogP contribution in [-0.2, 0) is 6.54 Å². The number of benzene rings is 3. The van der Waals surface area contributed by atoms with Crippen molar-refractivity contribution < 1.29 is 4.79 Å². The van der Waals surface area contributed by atoms with E-state index < -0.39 is 6.17 Å². The van der Waals surface area contributed by atoms with Crippen molar-refractivity contribution in [1.82, 2.24) is 4.90 Å². The Labute approximate surface area is 162 Å². The summed E-state index contributed by atoms with van der Waals surface area (Å²) in [6.45, 7) is 0.467. The molecule has 0 fully saturated rings. The van der Waals surface area contributed by atoms with Crippen LogP contribution < -0.4 is 5.32 Å². The maximum absolute atomic E-state index is 13.2. The molecule has 0 aromatic heterocycles. The summed E-state index contributed by atoms with van der Waals surface area (Å²) in [6.07, 6.45) is -0.399. The van der Waals surface area contributed by atoms with Crippen molar-refractivity contribution in [3.63, 3.8) is 0 Å². The van der Waals surface area contributed by atoms with Crippen LogP contribution in [0, 0.1) is 0 Å². The number of fused-ring (bicyclic) bond motifs is 1. The zero-order chi connectivity index (χ0) is 18.1. The zero-order valence-electron chi connectivity index (χ0n) is 13.8. The number of hydrogen-bond donors (Lipinski definition) is 1. The molecule has 1 N–H and O–H groups in total. The molecule has 1 amide bonds.